The van der Waals surface area contributed by atoms with Gasteiger partial charge >= 0.3 is 0 Å². The lowest BCUT2D eigenvalue weighted by Crippen LogP contribution is -2.38. The molecule has 0 aliphatic carbocycles. The SMILES string of the molecule is CC(O)(CNC(=O)c1cc(Cl)ccc1Cl)c1cccs1. The largest absolute Gasteiger partial charge is 0.383 e. The molecule has 1 aromatic heterocycles. The fourth-order valence-electron chi connectivity index (χ4n) is 1.69. The van der Waals surface area contributed by atoms with Crippen molar-refractivity contribution in [3.8, 4) is 0 Å². The van der Waals surface area contributed by atoms with E-state index in [0.717, 1.165) is 4.88 Å². The van der Waals surface area contributed by atoms with Gasteiger partial charge in [-0.25, -0.2) is 0 Å². The Hall–Kier alpha value is -1.07. The Morgan fingerprint density at radius 3 is 2.80 bits per heavy atom. The highest BCUT2D eigenvalue weighted by atomic mass is 35.5. The van der Waals surface area contributed by atoms with Gasteiger partial charge in [0.2, 0.25) is 0 Å². The number of aliphatic hydroxyl groups is 1. The fraction of sp³-hybridized carbons (Fsp3) is 0.214. The van der Waals surface area contributed by atoms with Crippen LogP contribution < -0.4 is 5.32 Å². The summed E-state index contributed by atoms with van der Waals surface area (Å²) in [6, 6.07) is 8.35. The van der Waals surface area contributed by atoms with Crippen LogP contribution in [0.3, 0.4) is 0 Å². The number of halogens is 2. The maximum Gasteiger partial charge on any atom is 0.252 e. The Morgan fingerprint density at radius 1 is 1.40 bits per heavy atom. The van der Waals surface area contributed by atoms with E-state index in [4.69, 9.17) is 23.2 Å². The minimum Gasteiger partial charge on any atom is -0.383 e. The lowest BCUT2D eigenvalue weighted by atomic mass is 10.1. The smallest absolute Gasteiger partial charge is 0.252 e. The third kappa shape index (κ3) is 3.52. The number of benzene rings is 1. The molecule has 6 heteroatoms. The summed E-state index contributed by atoms with van der Waals surface area (Å²) in [5.41, 5.74) is -0.823. The maximum absolute atomic E-state index is 12.1. The summed E-state index contributed by atoms with van der Waals surface area (Å²) in [5.74, 6) is -0.366. The minimum atomic E-state index is -1.12. The van der Waals surface area contributed by atoms with Crippen molar-refractivity contribution in [3.05, 3.63) is 56.2 Å². The van der Waals surface area contributed by atoms with Gasteiger partial charge in [0, 0.05) is 9.90 Å². The molecule has 0 fully saturated rings. The van der Waals surface area contributed by atoms with Gasteiger partial charge in [-0.05, 0) is 36.6 Å². The van der Waals surface area contributed by atoms with E-state index in [1.165, 1.54) is 17.4 Å². The van der Waals surface area contributed by atoms with Crippen LogP contribution in [0.1, 0.15) is 22.2 Å². The number of nitrogens with one attached hydrogen (secondary N) is 1. The molecule has 0 aliphatic heterocycles. The molecule has 2 aromatic rings. The first-order valence-electron chi connectivity index (χ1n) is 5.90. The molecule has 0 saturated heterocycles. The van der Waals surface area contributed by atoms with Crippen molar-refractivity contribution in [2.24, 2.45) is 0 Å². The summed E-state index contributed by atoms with van der Waals surface area (Å²) in [4.78, 5) is 12.9. The molecule has 1 aromatic carbocycles. The Bertz CT molecular complexity index is 612. The average Bonchev–Trinajstić information content (AvgIpc) is 2.93. The fourth-order valence-corrected chi connectivity index (χ4v) is 2.85. The third-order valence-corrected chi connectivity index (χ3v) is 4.51. The number of amides is 1. The molecule has 3 nitrogen and oxygen atoms in total. The number of carbonyl (C=O) groups excluding carboxylic acids is 1. The molecule has 1 atom stereocenters. The first-order chi connectivity index (χ1) is 9.40. The minimum absolute atomic E-state index is 0.0924. The van der Waals surface area contributed by atoms with Crippen LogP contribution in [0.15, 0.2) is 35.7 Å². The molecule has 0 saturated carbocycles. The van der Waals surface area contributed by atoms with Crippen LogP contribution in [0, 0.1) is 0 Å². The number of rotatable bonds is 4. The average molecular weight is 330 g/mol. The van der Waals surface area contributed by atoms with Crippen LogP contribution in [-0.2, 0) is 5.60 Å². The molecule has 2 N–H and O–H groups in total. The van der Waals surface area contributed by atoms with Crippen LogP contribution in [0.2, 0.25) is 10.0 Å². The van der Waals surface area contributed by atoms with Crippen molar-refractivity contribution in [2.75, 3.05) is 6.54 Å². The summed E-state index contributed by atoms with van der Waals surface area (Å²) in [6.45, 7) is 1.74. The first-order valence-corrected chi connectivity index (χ1v) is 7.53. The van der Waals surface area contributed by atoms with E-state index in [-0.39, 0.29) is 12.5 Å². The zero-order chi connectivity index (χ0) is 14.8. The molecular formula is C14H13Cl2NO2S. The highest BCUT2D eigenvalue weighted by molar-refractivity contribution is 7.10. The van der Waals surface area contributed by atoms with Gasteiger partial charge in [0.25, 0.3) is 5.91 Å². The predicted molar refractivity (Wildman–Crippen MR) is 82.7 cm³/mol. The van der Waals surface area contributed by atoms with Gasteiger partial charge in [-0.2, -0.15) is 0 Å². The maximum atomic E-state index is 12.1. The standard InChI is InChI=1S/C14H13Cl2NO2S/c1-14(19,12-3-2-6-20-12)8-17-13(18)10-7-9(15)4-5-11(10)16/h2-7,19H,8H2,1H3,(H,17,18). The lowest BCUT2D eigenvalue weighted by molar-refractivity contribution is 0.0557. The summed E-state index contributed by atoms with van der Waals surface area (Å²) in [7, 11) is 0. The zero-order valence-electron chi connectivity index (χ0n) is 10.7. The third-order valence-electron chi connectivity index (χ3n) is 2.82. The van der Waals surface area contributed by atoms with Gasteiger partial charge in [0.15, 0.2) is 0 Å². The summed E-state index contributed by atoms with van der Waals surface area (Å²) >= 11 is 13.2. The molecule has 2 rings (SSSR count). The highest BCUT2D eigenvalue weighted by Crippen LogP contribution is 2.25. The Morgan fingerprint density at radius 2 is 2.15 bits per heavy atom. The van der Waals surface area contributed by atoms with Crippen LogP contribution >= 0.6 is 34.5 Å². The van der Waals surface area contributed by atoms with Gasteiger partial charge in [-0.15, -0.1) is 11.3 Å². The molecule has 0 spiro atoms. The molecule has 0 aliphatic rings. The van der Waals surface area contributed by atoms with Crippen molar-refractivity contribution in [1.82, 2.24) is 5.32 Å². The number of hydrogen-bond donors (Lipinski definition) is 2. The van der Waals surface area contributed by atoms with Gasteiger partial charge in [-0.3, -0.25) is 4.79 Å². The molecule has 0 radical (unpaired) electrons. The summed E-state index contributed by atoms with van der Waals surface area (Å²) in [6.07, 6.45) is 0. The molecular weight excluding hydrogens is 317 g/mol. The summed E-state index contributed by atoms with van der Waals surface area (Å²) in [5, 5.41) is 15.6. The molecule has 0 bridgehead atoms. The lowest BCUT2D eigenvalue weighted by Gasteiger charge is -2.22. The zero-order valence-corrected chi connectivity index (χ0v) is 13.0. The van der Waals surface area contributed by atoms with E-state index >= 15 is 0 Å². The molecule has 20 heavy (non-hydrogen) atoms. The van der Waals surface area contributed by atoms with Gasteiger partial charge < -0.3 is 10.4 Å². The first kappa shape index (κ1) is 15.3. The Balaban J connectivity index is 2.07. The number of thiophene rings is 1. The predicted octanol–water partition coefficient (Wildman–Crippen LogP) is 3.69. The summed E-state index contributed by atoms with van der Waals surface area (Å²) < 4.78 is 0. The van der Waals surface area contributed by atoms with Crippen molar-refractivity contribution in [2.45, 2.75) is 12.5 Å². The van der Waals surface area contributed by atoms with E-state index in [2.05, 4.69) is 5.32 Å². The van der Waals surface area contributed by atoms with E-state index in [1.807, 2.05) is 17.5 Å². The number of hydrogen-bond acceptors (Lipinski definition) is 3. The highest BCUT2D eigenvalue weighted by Gasteiger charge is 2.25. The van der Waals surface area contributed by atoms with Crippen LogP contribution in [0.25, 0.3) is 0 Å². The van der Waals surface area contributed by atoms with Crippen molar-refractivity contribution >= 4 is 40.4 Å². The Kier molecular flexibility index (Phi) is 4.70. The van der Waals surface area contributed by atoms with E-state index in [1.54, 1.807) is 19.1 Å². The van der Waals surface area contributed by atoms with Gasteiger partial charge in [-0.1, -0.05) is 29.3 Å². The topological polar surface area (TPSA) is 49.3 Å². The molecule has 1 heterocycles. The van der Waals surface area contributed by atoms with Crippen LogP contribution in [0.5, 0.6) is 0 Å². The molecule has 1 unspecified atom stereocenters. The van der Waals surface area contributed by atoms with E-state index in [0.29, 0.717) is 15.6 Å². The van der Waals surface area contributed by atoms with Crippen LogP contribution in [0.4, 0.5) is 0 Å². The van der Waals surface area contributed by atoms with Gasteiger partial charge in [0.1, 0.15) is 5.60 Å². The van der Waals surface area contributed by atoms with Crippen LogP contribution in [-0.4, -0.2) is 17.6 Å². The number of carbonyl (C=O) groups is 1. The van der Waals surface area contributed by atoms with Crippen molar-refractivity contribution in [3.63, 3.8) is 0 Å². The monoisotopic (exact) mass is 329 g/mol. The van der Waals surface area contributed by atoms with Crippen molar-refractivity contribution in [1.29, 1.82) is 0 Å². The van der Waals surface area contributed by atoms with E-state index < -0.39 is 5.60 Å². The van der Waals surface area contributed by atoms with Crippen molar-refractivity contribution < 1.29 is 9.90 Å². The second-order valence-electron chi connectivity index (χ2n) is 4.56. The molecule has 1 amide bonds. The quantitative estimate of drug-likeness (QED) is 0.898. The Labute approximate surface area is 131 Å². The normalized spacial score (nSPS) is 13.8. The van der Waals surface area contributed by atoms with E-state index in [9.17, 15) is 9.90 Å². The second kappa shape index (κ2) is 6.14. The molecule has 106 valence electrons. The second-order valence-corrected chi connectivity index (χ2v) is 6.35. The van der Waals surface area contributed by atoms with Gasteiger partial charge in [0.05, 0.1) is 17.1 Å².